The molecule has 27 heavy (non-hydrogen) atoms. The first-order chi connectivity index (χ1) is 12.7. The van der Waals surface area contributed by atoms with Gasteiger partial charge < -0.3 is 24.0 Å². The molecule has 0 unspecified atom stereocenters. The van der Waals surface area contributed by atoms with Crippen molar-refractivity contribution in [3.63, 3.8) is 0 Å². The van der Waals surface area contributed by atoms with Gasteiger partial charge in [0, 0.05) is 19.8 Å². The van der Waals surface area contributed by atoms with Crippen LogP contribution in [0.2, 0.25) is 0 Å². The molecule has 1 aromatic rings. The van der Waals surface area contributed by atoms with Crippen molar-refractivity contribution in [2.24, 2.45) is 0 Å². The lowest BCUT2D eigenvalue weighted by atomic mass is 9.93. The van der Waals surface area contributed by atoms with E-state index in [0.717, 1.165) is 0 Å². The number of urea groups is 1. The summed E-state index contributed by atoms with van der Waals surface area (Å²) in [5.74, 6) is -0.621. The van der Waals surface area contributed by atoms with E-state index in [4.69, 9.17) is 9.47 Å². The van der Waals surface area contributed by atoms with E-state index in [-0.39, 0.29) is 29.7 Å². The van der Waals surface area contributed by atoms with Gasteiger partial charge in [-0.25, -0.2) is 9.59 Å². The molecule has 0 aliphatic carbocycles. The van der Waals surface area contributed by atoms with E-state index in [0.29, 0.717) is 11.3 Å². The summed E-state index contributed by atoms with van der Waals surface area (Å²) in [7, 11) is 4.35. The van der Waals surface area contributed by atoms with Gasteiger partial charge in [-0.15, -0.1) is 0 Å². The second-order valence-corrected chi connectivity index (χ2v) is 5.86. The number of nitrogens with zero attached hydrogens (tertiary/aromatic N) is 2. The van der Waals surface area contributed by atoms with E-state index < -0.39 is 18.6 Å². The van der Waals surface area contributed by atoms with Crippen molar-refractivity contribution in [3.05, 3.63) is 35.0 Å². The Kier molecular flexibility index (Phi) is 6.24. The Morgan fingerprint density at radius 2 is 1.93 bits per heavy atom. The summed E-state index contributed by atoms with van der Waals surface area (Å²) in [6.07, 6.45) is 0. The average molecular weight is 384 g/mol. The molecular weight excluding hydrogens is 362 g/mol. The minimum Gasteiger partial charge on any atom is -0.490 e. The van der Waals surface area contributed by atoms with Gasteiger partial charge in [0.1, 0.15) is 0 Å². The number of hydrogen-bond acceptors (Lipinski definition) is 5. The number of carbonyl (C=O) groups excluding carboxylic acids is 2. The number of allylic oxidation sites excluding steroid dienone is 1. The molecule has 1 heterocycles. The maximum Gasteiger partial charge on any atom is 0.387 e. The number of benzene rings is 1. The number of hydrogen-bond donors (Lipinski definition) is 0. The minimum atomic E-state index is -3.00. The highest BCUT2D eigenvalue weighted by atomic mass is 19.3. The average Bonchev–Trinajstić information content (AvgIpc) is 2.63. The number of carbonyl (C=O) groups is 2. The van der Waals surface area contributed by atoms with E-state index in [1.54, 1.807) is 27.9 Å². The number of alkyl halides is 2. The second kappa shape index (κ2) is 8.24. The monoisotopic (exact) mass is 384 g/mol. The Morgan fingerprint density at radius 3 is 2.48 bits per heavy atom. The van der Waals surface area contributed by atoms with E-state index in [9.17, 15) is 18.4 Å². The molecule has 0 bridgehead atoms. The number of ether oxygens (including phenoxy) is 3. The number of likely N-dealkylation sites (N-methyl/N-ethyl adjacent to an activating group) is 1. The maximum absolute atomic E-state index is 12.6. The fourth-order valence-electron chi connectivity index (χ4n) is 2.98. The molecule has 0 saturated heterocycles. The Balaban J connectivity index is 2.60. The minimum absolute atomic E-state index is 0.0944. The van der Waals surface area contributed by atoms with Crippen LogP contribution in [0.5, 0.6) is 11.5 Å². The van der Waals surface area contributed by atoms with Gasteiger partial charge in [-0.05, 0) is 31.5 Å². The van der Waals surface area contributed by atoms with Crippen molar-refractivity contribution in [2.45, 2.75) is 26.5 Å². The Bertz CT molecular complexity index is 766. The van der Waals surface area contributed by atoms with Crippen LogP contribution in [0.4, 0.5) is 13.6 Å². The molecule has 0 fully saturated rings. The number of esters is 1. The van der Waals surface area contributed by atoms with Crippen molar-refractivity contribution in [3.8, 4) is 11.5 Å². The van der Waals surface area contributed by atoms with Gasteiger partial charge in [0.15, 0.2) is 11.5 Å². The SMILES string of the molecule is CCOc1cc([C@H]2C(C(=O)OC)=C(C)N(C)C(=O)N2C)ccc1OC(F)F. The predicted octanol–water partition coefficient (Wildman–Crippen LogP) is 3.17. The van der Waals surface area contributed by atoms with Gasteiger partial charge in [-0.2, -0.15) is 8.78 Å². The zero-order valence-corrected chi connectivity index (χ0v) is 15.8. The largest absolute Gasteiger partial charge is 0.490 e. The zero-order valence-electron chi connectivity index (χ0n) is 15.8. The Labute approximate surface area is 156 Å². The van der Waals surface area contributed by atoms with Gasteiger partial charge in [-0.1, -0.05) is 6.07 Å². The quantitative estimate of drug-likeness (QED) is 0.705. The molecule has 148 valence electrons. The van der Waals surface area contributed by atoms with Gasteiger partial charge in [0.25, 0.3) is 0 Å². The zero-order chi connectivity index (χ0) is 20.3. The predicted molar refractivity (Wildman–Crippen MR) is 92.6 cm³/mol. The van der Waals surface area contributed by atoms with Crippen molar-refractivity contribution in [1.29, 1.82) is 0 Å². The summed E-state index contributed by atoms with van der Waals surface area (Å²) in [6, 6.07) is 3.23. The third-order valence-electron chi connectivity index (χ3n) is 4.35. The number of methoxy groups -OCH3 is 1. The van der Waals surface area contributed by atoms with Gasteiger partial charge >= 0.3 is 18.6 Å². The van der Waals surface area contributed by atoms with Crippen molar-refractivity contribution >= 4 is 12.0 Å². The number of amides is 2. The molecule has 7 nitrogen and oxygen atoms in total. The Morgan fingerprint density at radius 1 is 1.26 bits per heavy atom. The molecule has 2 rings (SSSR count). The summed E-state index contributed by atoms with van der Waals surface area (Å²) in [4.78, 5) is 27.6. The molecule has 1 aromatic carbocycles. The van der Waals surface area contributed by atoms with Gasteiger partial charge in [0.05, 0.1) is 25.3 Å². The summed E-state index contributed by atoms with van der Waals surface area (Å²) in [5.41, 5.74) is 1.22. The van der Waals surface area contributed by atoms with Crippen LogP contribution in [-0.2, 0) is 9.53 Å². The lowest BCUT2D eigenvalue weighted by Gasteiger charge is -2.39. The highest BCUT2D eigenvalue weighted by Gasteiger charge is 2.39. The van der Waals surface area contributed by atoms with E-state index >= 15 is 0 Å². The summed E-state index contributed by atoms with van der Waals surface area (Å²) < 4.78 is 40.0. The molecular formula is C18H22F2N2O5. The third-order valence-corrected chi connectivity index (χ3v) is 4.35. The second-order valence-electron chi connectivity index (χ2n) is 5.86. The normalized spacial score (nSPS) is 17.5. The molecule has 0 radical (unpaired) electrons. The first-order valence-corrected chi connectivity index (χ1v) is 8.24. The van der Waals surface area contributed by atoms with Crippen LogP contribution in [0.25, 0.3) is 0 Å². The standard InChI is InChI=1S/C18H22F2N2O5/c1-6-26-13-9-11(7-8-12(13)27-17(19)20)15-14(16(23)25-5)10(2)21(3)18(24)22(15)4/h7-9,15,17H,6H2,1-5H3/t15-/m0/s1. The van der Waals surface area contributed by atoms with Crippen LogP contribution >= 0.6 is 0 Å². The topological polar surface area (TPSA) is 68.3 Å². The molecule has 0 aromatic heterocycles. The fourth-order valence-corrected chi connectivity index (χ4v) is 2.98. The lowest BCUT2D eigenvalue weighted by molar-refractivity contribution is -0.137. The van der Waals surface area contributed by atoms with Crippen LogP contribution in [0.3, 0.4) is 0 Å². The lowest BCUT2D eigenvalue weighted by Crippen LogP contribution is -2.47. The molecule has 1 aliphatic heterocycles. The molecule has 9 heteroatoms. The van der Waals surface area contributed by atoms with Crippen LogP contribution in [0, 0.1) is 0 Å². The van der Waals surface area contributed by atoms with E-state index in [1.165, 1.54) is 35.1 Å². The highest BCUT2D eigenvalue weighted by Crippen LogP contribution is 2.39. The van der Waals surface area contributed by atoms with Crippen molar-refractivity contribution in [1.82, 2.24) is 9.80 Å². The van der Waals surface area contributed by atoms with Gasteiger partial charge in [0.2, 0.25) is 0 Å². The highest BCUT2D eigenvalue weighted by molar-refractivity contribution is 5.94. The molecule has 0 spiro atoms. The van der Waals surface area contributed by atoms with Crippen LogP contribution in [0.1, 0.15) is 25.5 Å². The fraction of sp³-hybridized carbons (Fsp3) is 0.444. The first-order valence-electron chi connectivity index (χ1n) is 8.24. The van der Waals surface area contributed by atoms with Crippen LogP contribution < -0.4 is 9.47 Å². The van der Waals surface area contributed by atoms with Crippen molar-refractivity contribution < 1.29 is 32.6 Å². The summed E-state index contributed by atoms with van der Waals surface area (Å²) in [5, 5.41) is 0. The number of halogens is 2. The Hall–Kier alpha value is -2.84. The van der Waals surface area contributed by atoms with E-state index in [2.05, 4.69) is 4.74 Å². The molecule has 1 atom stereocenters. The van der Waals surface area contributed by atoms with Crippen LogP contribution in [0.15, 0.2) is 29.5 Å². The molecule has 2 amide bonds. The summed E-state index contributed by atoms with van der Waals surface area (Å²) in [6.45, 7) is 0.565. The number of rotatable bonds is 6. The smallest absolute Gasteiger partial charge is 0.387 e. The van der Waals surface area contributed by atoms with Crippen molar-refractivity contribution in [2.75, 3.05) is 27.8 Å². The molecule has 0 saturated carbocycles. The van der Waals surface area contributed by atoms with Gasteiger partial charge in [-0.3, -0.25) is 0 Å². The molecule has 0 N–H and O–H groups in total. The third kappa shape index (κ3) is 3.96. The maximum atomic E-state index is 12.6. The van der Waals surface area contributed by atoms with Crippen LogP contribution in [-0.4, -0.2) is 56.2 Å². The summed E-state index contributed by atoms with van der Waals surface area (Å²) >= 11 is 0. The molecule has 1 aliphatic rings. The van der Waals surface area contributed by atoms with E-state index in [1.807, 2.05) is 0 Å². The first kappa shape index (κ1) is 20.5.